The molecule has 0 atom stereocenters. The number of rotatable bonds is 2. The van der Waals surface area contributed by atoms with E-state index >= 15 is 0 Å². The van der Waals surface area contributed by atoms with Crippen LogP contribution in [0.25, 0.3) is 0 Å². The molecule has 1 fully saturated rings. The van der Waals surface area contributed by atoms with Gasteiger partial charge in [0.05, 0.1) is 5.56 Å². The van der Waals surface area contributed by atoms with E-state index in [4.69, 9.17) is 0 Å². The molecule has 1 aliphatic rings. The van der Waals surface area contributed by atoms with Gasteiger partial charge >= 0.3 is 6.18 Å². The summed E-state index contributed by atoms with van der Waals surface area (Å²) in [7, 11) is 0. The Hall–Kier alpha value is -0.710. The van der Waals surface area contributed by atoms with E-state index in [1.807, 2.05) is 4.90 Å². The molecule has 1 nitrogen and oxygen atoms in total. The standard InChI is InChI=1S/C14H17BrF3N/c15-10-11-5-6-13(12(9-11)14(16,17)18)19-7-3-1-2-4-8-19/h5-6,9H,1-4,7-8,10H2. The van der Waals surface area contributed by atoms with Crippen LogP contribution in [-0.2, 0) is 11.5 Å². The summed E-state index contributed by atoms with van der Waals surface area (Å²) < 4.78 is 39.5. The van der Waals surface area contributed by atoms with Gasteiger partial charge in [-0.15, -0.1) is 0 Å². The van der Waals surface area contributed by atoms with Crippen molar-refractivity contribution >= 4 is 21.6 Å². The molecule has 1 aromatic rings. The van der Waals surface area contributed by atoms with E-state index in [0.29, 0.717) is 16.6 Å². The van der Waals surface area contributed by atoms with Crippen LogP contribution in [0.5, 0.6) is 0 Å². The van der Waals surface area contributed by atoms with E-state index in [-0.39, 0.29) is 0 Å². The summed E-state index contributed by atoms with van der Waals surface area (Å²) in [5.41, 5.74) is 0.483. The zero-order valence-electron chi connectivity index (χ0n) is 10.6. The minimum atomic E-state index is -4.29. The van der Waals surface area contributed by atoms with Crippen molar-refractivity contribution in [2.75, 3.05) is 18.0 Å². The third kappa shape index (κ3) is 3.65. The van der Waals surface area contributed by atoms with Gasteiger partial charge in [-0.25, -0.2) is 0 Å². The Bertz CT molecular complexity index is 423. The van der Waals surface area contributed by atoms with Gasteiger partial charge in [0.2, 0.25) is 0 Å². The minimum Gasteiger partial charge on any atom is -0.371 e. The third-order valence-electron chi connectivity index (χ3n) is 3.47. The highest BCUT2D eigenvalue weighted by atomic mass is 79.9. The normalized spacial score (nSPS) is 17.4. The summed E-state index contributed by atoms with van der Waals surface area (Å²) >= 11 is 3.21. The maximum absolute atomic E-state index is 13.2. The highest BCUT2D eigenvalue weighted by molar-refractivity contribution is 9.08. The molecule has 2 rings (SSSR count). The van der Waals surface area contributed by atoms with Gasteiger partial charge in [-0.05, 0) is 30.5 Å². The van der Waals surface area contributed by atoms with Gasteiger partial charge < -0.3 is 4.90 Å². The second-order valence-electron chi connectivity index (χ2n) is 4.88. The minimum absolute atomic E-state index is 0.333. The molecule has 0 amide bonds. The van der Waals surface area contributed by atoms with Gasteiger partial charge in [0.1, 0.15) is 0 Å². The fourth-order valence-electron chi connectivity index (χ4n) is 2.48. The van der Waals surface area contributed by atoms with Gasteiger partial charge in [-0.1, -0.05) is 34.8 Å². The van der Waals surface area contributed by atoms with E-state index in [0.717, 1.165) is 38.8 Å². The van der Waals surface area contributed by atoms with Crippen LogP contribution < -0.4 is 4.90 Å². The fraction of sp³-hybridized carbons (Fsp3) is 0.571. The van der Waals surface area contributed by atoms with Gasteiger partial charge in [0.15, 0.2) is 0 Å². The van der Waals surface area contributed by atoms with Crippen LogP contribution in [0, 0.1) is 0 Å². The lowest BCUT2D eigenvalue weighted by Crippen LogP contribution is -2.26. The first kappa shape index (κ1) is 14.7. The number of benzene rings is 1. The average molecular weight is 336 g/mol. The van der Waals surface area contributed by atoms with E-state index < -0.39 is 11.7 Å². The van der Waals surface area contributed by atoms with Crippen molar-refractivity contribution in [1.82, 2.24) is 0 Å². The predicted octanol–water partition coefficient (Wildman–Crippen LogP) is 4.98. The van der Waals surface area contributed by atoms with Crippen molar-refractivity contribution in [2.45, 2.75) is 37.2 Å². The Morgan fingerprint density at radius 3 is 2.21 bits per heavy atom. The van der Waals surface area contributed by atoms with Gasteiger partial charge in [-0.3, -0.25) is 0 Å². The van der Waals surface area contributed by atoms with E-state index in [9.17, 15) is 13.2 Å². The molecule has 1 aliphatic heterocycles. The van der Waals surface area contributed by atoms with Crippen LogP contribution >= 0.6 is 15.9 Å². The van der Waals surface area contributed by atoms with Crippen LogP contribution in [0.4, 0.5) is 18.9 Å². The largest absolute Gasteiger partial charge is 0.418 e. The Balaban J connectivity index is 2.37. The molecular formula is C14H17BrF3N. The number of anilines is 1. The number of alkyl halides is 4. The second-order valence-corrected chi connectivity index (χ2v) is 5.44. The SMILES string of the molecule is FC(F)(F)c1cc(CBr)ccc1N1CCCCCC1. The predicted molar refractivity (Wildman–Crippen MR) is 74.8 cm³/mol. The van der Waals surface area contributed by atoms with Gasteiger partial charge in [0.25, 0.3) is 0 Å². The second kappa shape index (κ2) is 6.16. The van der Waals surface area contributed by atoms with Gasteiger partial charge in [-0.2, -0.15) is 13.2 Å². The molecular weight excluding hydrogens is 319 g/mol. The topological polar surface area (TPSA) is 3.24 Å². The molecule has 5 heteroatoms. The highest BCUT2D eigenvalue weighted by Gasteiger charge is 2.35. The summed E-state index contributed by atoms with van der Waals surface area (Å²) in [6, 6.07) is 4.64. The molecule has 0 bridgehead atoms. The zero-order chi connectivity index (χ0) is 13.9. The van der Waals surface area contributed by atoms with E-state index in [2.05, 4.69) is 15.9 Å². The molecule has 0 radical (unpaired) electrons. The monoisotopic (exact) mass is 335 g/mol. The van der Waals surface area contributed by atoms with Crippen molar-refractivity contribution in [1.29, 1.82) is 0 Å². The first-order chi connectivity index (χ1) is 9.02. The smallest absolute Gasteiger partial charge is 0.371 e. The lowest BCUT2D eigenvalue weighted by atomic mass is 10.1. The van der Waals surface area contributed by atoms with Crippen LogP contribution in [0.15, 0.2) is 18.2 Å². The molecule has 1 heterocycles. The first-order valence-electron chi connectivity index (χ1n) is 6.53. The molecule has 0 aliphatic carbocycles. The van der Waals surface area contributed by atoms with Crippen LogP contribution in [0.3, 0.4) is 0 Å². The van der Waals surface area contributed by atoms with Crippen molar-refractivity contribution in [3.8, 4) is 0 Å². The number of hydrogen-bond donors (Lipinski definition) is 0. The van der Waals surface area contributed by atoms with Crippen LogP contribution in [0.2, 0.25) is 0 Å². The molecule has 106 valence electrons. The van der Waals surface area contributed by atoms with Crippen molar-refractivity contribution < 1.29 is 13.2 Å². The number of nitrogens with zero attached hydrogens (tertiary/aromatic N) is 1. The summed E-state index contributed by atoms with van der Waals surface area (Å²) in [6.07, 6.45) is -0.135. The average Bonchev–Trinajstić information content (AvgIpc) is 2.65. The zero-order valence-corrected chi connectivity index (χ0v) is 12.2. The molecule has 0 saturated carbocycles. The molecule has 0 N–H and O–H groups in total. The molecule has 1 saturated heterocycles. The van der Waals surface area contributed by atoms with Crippen molar-refractivity contribution in [2.24, 2.45) is 0 Å². The summed E-state index contributed by atoms with van der Waals surface area (Å²) in [5.74, 6) is 0. The lowest BCUT2D eigenvalue weighted by Gasteiger charge is -2.26. The number of halogens is 4. The maximum Gasteiger partial charge on any atom is 0.418 e. The quantitative estimate of drug-likeness (QED) is 0.689. The molecule has 0 aromatic heterocycles. The first-order valence-corrected chi connectivity index (χ1v) is 7.65. The molecule has 0 unspecified atom stereocenters. The Morgan fingerprint density at radius 1 is 1.05 bits per heavy atom. The lowest BCUT2D eigenvalue weighted by molar-refractivity contribution is -0.137. The fourth-order valence-corrected chi connectivity index (χ4v) is 2.83. The Labute approximate surface area is 119 Å². The third-order valence-corrected chi connectivity index (χ3v) is 4.11. The highest BCUT2D eigenvalue weighted by Crippen LogP contribution is 2.38. The van der Waals surface area contributed by atoms with Crippen LogP contribution in [-0.4, -0.2) is 13.1 Å². The van der Waals surface area contributed by atoms with E-state index in [1.54, 1.807) is 12.1 Å². The molecule has 19 heavy (non-hydrogen) atoms. The number of hydrogen-bond acceptors (Lipinski definition) is 1. The summed E-state index contributed by atoms with van der Waals surface area (Å²) in [4.78, 5) is 1.88. The Morgan fingerprint density at radius 2 is 1.68 bits per heavy atom. The van der Waals surface area contributed by atoms with Crippen molar-refractivity contribution in [3.63, 3.8) is 0 Å². The summed E-state index contributed by atoms with van der Waals surface area (Å²) in [5, 5.41) is 0.441. The molecule has 0 spiro atoms. The van der Waals surface area contributed by atoms with E-state index in [1.165, 1.54) is 6.07 Å². The van der Waals surface area contributed by atoms with Gasteiger partial charge in [0, 0.05) is 24.1 Å². The molecule has 1 aromatic carbocycles. The summed E-state index contributed by atoms with van der Waals surface area (Å²) in [6.45, 7) is 1.44. The van der Waals surface area contributed by atoms with Crippen LogP contribution in [0.1, 0.15) is 36.8 Å². The Kier molecular flexibility index (Phi) is 4.76. The van der Waals surface area contributed by atoms with Crippen molar-refractivity contribution in [3.05, 3.63) is 29.3 Å². The maximum atomic E-state index is 13.2.